The van der Waals surface area contributed by atoms with Gasteiger partial charge in [0.1, 0.15) is 5.69 Å². The average Bonchev–Trinajstić information content (AvgIpc) is 2.77. The molecular weight excluding hydrogens is 376 g/mol. The van der Waals surface area contributed by atoms with Crippen molar-refractivity contribution in [2.45, 2.75) is 45.1 Å². The molecule has 1 aliphatic heterocycles. The summed E-state index contributed by atoms with van der Waals surface area (Å²) in [5, 5.41) is 0. The highest BCUT2D eigenvalue weighted by atomic mass is 16.2. The standard InChI is InChI=1S/C24H24N4O2/c1-15-24(30)28(11-10-26-15)22-5-3-4-18-19(13-25-14-20(18)22)16-6-8-21-17(12-16)7-9-23(29)27(21)2/h6,8,10-14,22H,3-5,7,9H2,1-2H3/t22-/m1/s1. The van der Waals surface area contributed by atoms with Gasteiger partial charge in [0.2, 0.25) is 5.91 Å². The van der Waals surface area contributed by atoms with Gasteiger partial charge in [0.05, 0.1) is 6.04 Å². The van der Waals surface area contributed by atoms with Crippen LogP contribution < -0.4 is 10.5 Å². The molecule has 1 aromatic carbocycles. The molecule has 1 atom stereocenters. The Morgan fingerprint density at radius 2 is 1.97 bits per heavy atom. The van der Waals surface area contributed by atoms with Gasteiger partial charge in [0.25, 0.3) is 5.56 Å². The number of fused-ring (bicyclic) bond motifs is 2. The third-order valence-corrected chi connectivity index (χ3v) is 6.46. The van der Waals surface area contributed by atoms with E-state index in [1.807, 2.05) is 25.5 Å². The summed E-state index contributed by atoms with van der Waals surface area (Å²) in [6.45, 7) is 1.76. The van der Waals surface area contributed by atoms with Crippen molar-refractivity contribution in [1.29, 1.82) is 0 Å². The second-order valence-corrected chi connectivity index (χ2v) is 8.18. The van der Waals surface area contributed by atoms with Crippen LogP contribution in [0.3, 0.4) is 0 Å². The quantitative estimate of drug-likeness (QED) is 0.661. The van der Waals surface area contributed by atoms with Gasteiger partial charge in [-0.3, -0.25) is 19.6 Å². The molecule has 6 nitrogen and oxygen atoms in total. The predicted molar refractivity (Wildman–Crippen MR) is 116 cm³/mol. The van der Waals surface area contributed by atoms with E-state index in [0.717, 1.165) is 48.1 Å². The zero-order valence-electron chi connectivity index (χ0n) is 17.3. The van der Waals surface area contributed by atoms with Gasteiger partial charge in [-0.15, -0.1) is 0 Å². The third kappa shape index (κ3) is 2.95. The van der Waals surface area contributed by atoms with E-state index in [-0.39, 0.29) is 17.5 Å². The van der Waals surface area contributed by atoms with Gasteiger partial charge in [0.15, 0.2) is 0 Å². The molecule has 1 amide bonds. The summed E-state index contributed by atoms with van der Waals surface area (Å²) in [5.41, 5.74) is 7.30. The van der Waals surface area contributed by atoms with Gasteiger partial charge in [0, 0.05) is 49.5 Å². The molecule has 0 fully saturated rings. The summed E-state index contributed by atoms with van der Waals surface area (Å²) in [7, 11) is 1.84. The SMILES string of the molecule is Cc1nccn([C@@H]2CCCc3c(-c4ccc5c(c4)CCC(=O)N5C)cncc32)c1=O. The van der Waals surface area contributed by atoms with Crippen LogP contribution in [0.5, 0.6) is 0 Å². The van der Waals surface area contributed by atoms with Gasteiger partial charge in [-0.25, -0.2) is 0 Å². The molecule has 2 aromatic heterocycles. The van der Waals surface area contributed by atoms with E-state index in [9.17, 15) is 9.59 Å². The van der Waals surface area contributed by atoms with Gasteiger partial charge < -0.3 is 9.47 Å². The Hall–Kier alpha value is -3.28. The first kappa shape index (κ1) is 18.7. The fourth-order valence-corrected chi connectivity index (χ4v) is 4.83. The first-order chi connectivity index (χ1) is 14.5. The molecule has 0 spiro atoms. The van der Waals surface area contributed by atoms with Gasteiger partial charge in [-0.1, -0.05) is 6.07 Å². The van der Waals surface area contributed by atoms with Crippen molar-refractivity contribution in [3.05, 3.63) is 75.7 Å². The number of anilines is 1. The van der Waals surface area contributed by atoms with Crippen LogP contribution in [0.15, 0.2) is 47.8 Å². The van der Waals surface area contributed by atoms with E-state index in [1.165, 1.54) is 11.1 Å². The van der Waals surface area contributed by atoms with Crippen molar-refractivity contribution < 1.29 is 4.79 Å². The van der Waals surface area contributed by atoms with E-state index in [0.29, 0.717) is 12.1 Å². The van der Waals surface area contributed by atoms with E-state index < -0.39 is 0 Å². The van der Waals surface area contributed by atoms with Crippen molar-refractivity contribution in [2.24, 2.45) is 0 Å². The minimum absolute atomic E-state index is 0.0169. The normalized spacial score (nSPS) is 18.1. The number of amides is 1. The van der Waals surface area contributed by atoms with Gasteiger partial charge in [-0.2, -0.15) is 0 Å². The molecule has 3 aromatic rings. The van der Waals surface area contributed by atoms with Crippen LogP contribution in [0.2, 0.25) is 0 Å². The lowest BCUT2D eigenvalue weighted by Gasteiger charge is -2.29. The molecule has 1 aliphatic carbocycles. The molecule has 0 saturated carbocycles. The Labute approximate surface area is 175 Å². The summed E-state index contributed by atoms with van der Waals surface area (Å²) in [5.74, 6) is 0.162. The minimum Gasteiger partial charge on any atom is -0.315 e. The van der Waals surface area contributed by atoms with Crippen molar-refractivity contribution in [2.75, 3.05) is 11.9 Å². The van der Waals surface area contributed by atoms with Crippen LogP contribution >= 0.6 is 0 Å². The summed E-state index contributed by atoms with van der Waals surface area (Å²) < 4.78 is 1.80. The van der Waals surface area contributed by atoms with Crippen molar-refractivity contribution in [1.82, 2.24) is 14.5 Å². The Morgan fingerprint density at radius 1 is 1.10 bits per heavy atom. The molecule has 0 bridgehead atoms. The Morgan fingerprint density at radius 3 is 2.83 bits per heavy atom. The summed E-state index contributed by atoms with van der Waals surface area (Å²) >= 11 is 0. The fraction of sp³-hybridized carbons (Fsp3) is 0.333. The smallest absolute Gasteiger partial charge is 0.272 e. The second-order valence-electron chi connectivity index (χ2n) is 8.18. The molecule has 0 unspecified atom stereocenters. The monoisotopic (exact) mass is 400 g/mol. The molecule has 0 N–H and O–H groups in total. The largest absolute Gasteiger partial charge is 0.315 e. The van der Waals surface area contributed by atoms with Gasteiger partial charge in [-0.05, 0) is 67.0 Å². The molecule has 0 radical (unpaired) electrons. The Balaban J connectivity index is 1.61. The number of rotatable bonds is 2. The third-order valence-electron chi connectivity index (χ3n) is 6.46. The summed E-state index contributed by atoms with van der Waals surface area (Å²) in [6.07, 6.45) is 11.5. The van der Waals surface area contributed by atoms with E-state index in [4.69, 9.17) is 0 Å². The lowest BCUT2D eigenvalue weighted by atomic mass is 9.84. The first-order valence-electron chi connectivity index (χ1n) is 10.4. The summed E-state index contributed by atoms with van der Waals surface area (Å²) in [4.78, 5) is 35.1. The van der Waals surface area contributed by atoms with Crippen molar-refractivity contribution in [3.8, 4) is 11.1 Å². The number of pyridine rings is 1. The topological polar surface area (TPSA) is 68.1 Å². The predicted octanol–water partition coefficient (Wildman–Crippen LogP) is 3.45. The van der Waals surface area contributed by atoms with E-state index in [1.54, 1.807) is 28.8 Å². The van der Waals surface area contributed by atoms with Gasteiger partial charge >= 0.3 is 0 Å². The summed E-state index contributed by atoms with van der Waals surface area (Å²) in [6, 6.07) is 6.30. The second kappa shape index (κ2) is 7.20. The molecule has 5 rings (SSSR count). The van der Waals surface area contributed by atoms with E-state index >= 15 is 0 Å². The Bertz CT molecular complexity index is 1210. The van der Waals surface area contributed by atoms with Crippen LogP contribution in [-0.2, 0) is 17.6 Å². The number of carbonyl (C=O) groups is 1. The van der Waals surface area contributed by atoms with Crippen LogP contribution in [0.1, 0.15) is 47.7 Å². The van der Waals surface area contributed by atoms with Crippen LogP contribution in [0, 0.1) is 6.92 Å². The highest BCUT2D eigenvalue weighted by molar-refractivity contribution is 5.96. The maximum Gasteiger partial charge on any atom is 0.272 e. The van der Waals surface area contributed by atoms with Crippen LogP contribution in [0.4, 0.5) is 5.69 Å². The number of aryl methyl sites for hydroxylation is 2. The molecule has 0 saturated heterocycles. The van der Waals surface area contributed by atoms with Crippen LogP contribution in [-0.4, -0.2) is 27.5 Å². The zero-order chi connectivity index (χ0) is 20.8. The zero-order valence-corrected chi connectivity index (χ0v) is 17.3. The number of hydrogen-bond acceptors (Lipinski definition) is 4. The molecule has 152 valence electrons. The number of nitrogens with zero attached hydrogens (tertiary/aromatic N) is 4. The number of hydrogen-bond donors (Lipinski definition) is 0. The molecule has 6 heteroatoms. The molecule has 2 aliphatic rings. The highest BCUT2D eigenvalue weighted by Gasteiger charge is 2.27. The van der Waals surface area contributed by atoms with E-state index in [2.05, 4.69) is 22.1 Å². The lowest BCUT2D eigenvalue weighted by Crippen LogP contribution is -2.31. The molecule has 30 heavy (non-hydrogen) atoms. The number of aromatic nitrogens is 3. The maximum atomic E-state index is 12.7. The molecule has 3 heterocycles. The molecular formula is C24H24N4O2. The Kier molecular flexibility index (Phi) is 4.50. The number of carbonyl (C=O) groups excluding carboxylic acids is 1. The number of benzene rings is 1. The van der Waals surface area contributed by atoms with Crippen molar-refractivity contribution >= 4 is 11.6 Å². The van der Waals surface area contributed by atoms with Crippen molar-refractivity contribution in [3.63, 3.8) is 0 Å². The average molecular weight is 400 g/mol. The maximum absolute atomic E-state index is 12.7. The minimum atomic E-state index is -0.0396. The fourth-order valence-electron chi connectivity index (χ4n) is 4.83. The van der Waals surface area contributed by atoms with Crippen LogP contribution in [0.25, 0.3) is 11.1 Å². The lowest BCUT2D eigenvalue weighted by molar-refractivity contribution is -0.118. The highest BCUT2D eigenvalue weighted by Crippen LogP contribution is 2.38. The first-order valence-corrected chi connectivity index (χ1v) is 10.4.